The second kappa shape index (κ2) is 6.00. The Morgan fingerprint density at radius 3 is 2.89 bits per heavy atom. The number of hydrogen-bond acceptors (Lipinski definition) is 3. The van der Waals surface area contributed by atoms with Crippen molar-refractivity contribution in [1.82, 2.24) is 4.90 Å². The number of carboxylic acid groups (broad SMARTS) is 1. The molecule has 1 aliphatic heterocycles. The average molecular weight is 253 g/mol. The molecule has 100 valence electrons. The fraction of sp³-hybridized carbons (Fsp3) is 0.692. The van der Waals surface area contributed by atoms with Crippen molar-refractivity contribution in [2.45, 2.75) is 31.8 Å². The molecule has 0 spiro atoms. The molecule has 1 fully saturated rings. The van der Waals surface area contributed by atoms with Gasteiger partial charge < -0.3 is 14.7 Å². The van der Waals surface area contributed by atoms with E-state index in [2.05, 4.69) is 12.2 Å². The van der Waals surface area contributed by atoms with Gasteiger partial charge in [-0.25, -0.2) is 0 Å². The van der Waals surface area contributed by atoms with Gasteiger partial charge in [0.05, 0.1) is 19.1 Å². The molecule has 1 N–H and O–H groups in total. The Morgan fingerprint density at radius 2 is 2.22 bits per heavy atom. The first-order chi connectivity index (χ1) is 8.65. The van der Waals surface area contributed by atoms with Crippen molar-refractivity contribution < 1.29 is 19.4 Å². The first-order valence-electron chi connectivity index (χ1n) is 6.43. The van der Waals surface area contributed by atoms with Gasteiger partial charge in [-0.3, -0.25) is 9.59 Å². The molecule has 1 saturated heterocycles. The smallest absolute Gasteiger partial charge is 0.306 e. The van der Waals surface area contributed by atoms with E-state index in [9.17, 15) is 9.59 Å². The molecular weight excluding hydrogens is 234 g/mol. The predicted octanol–water partition coefficient (Wildman–Crippen LogP) is 1.04. The van der Waals surface area contributed by atoms with Gasteiger partial charge in [-0.1, -0.05) is 12.2 Å². The summed E-state index contributed by atoms with van der Waals surface area (Å²) in [5.74, 6) is -0.406. The SMILES string of the molecule is O=C(O)C[C@H]1CN(C(=O)C[C@@H]2C=CCC2)CCO1. The summed E-state index contributed by atoms with van der Waals surface area (Å²) < 4.78 is 5.35. The number of carbonyl (C=O) groups excluding carboxylic acids is 1. The molecule has 0 aromatic rings. The minimum atomic E-state index is -0.881. The highest BCUT2D eigenvalue weighted by Gasteiger charge is 2.27. The Hall–Kier alpha value is -1.36. The van der Waals surface area contributed by atoms with Gasteiger partial charge in [0.25, 0.3) is 0 Å². The number of rotatable bonds is 4. The minimum absolute atomic E-state index is 0.0346. The first-order valence-corrected chi connectivity index (χ1v) is 6.43. The van der Waals surface area contributed by atoms with Crippen LogP contribution < -0.4 is 0 Å². The van der Waals surface area contributed by atoms with Gasteiger partial charge in [0, 0.05) is 19.5 Å². The van der Waals surface area contributed by atoms with E-state index in [0.29, 0.717) is 32.0 Å². The Labute approximate surface area is 106 Å². The number of morpholine rings is 1. The maximum Gasteiger partial charge on any atom is 0.306 e. The van der Waals surface area contributed by atoms with Crippen molar-refractivity contribution in [3.63, 3.8) is 0 Å². The summed E-state index contributed by atoms with van der Waals surface area (Å²) in [6.45, 7) is 1.41. The topological polar surface area (TPSA) is 66.8 Å². The largest absolute Gasteiger partial charge is 0.481 e. The third kappa shape index (κ3) is 3.57. The van der Waals surface area contributed by atoms with E-state index >= 15 is 0 Å². The summed E-state index contributed by atoms with van der Waals surface area (Å²) >= 11 is 0. The molecule has 1 amide bonds. The molecule has 0 aromatic heterocycles. The summed E-state index contributed by atoms with van der Waals surface area (Å²) in [7, 11) is 0. The highest BCUT2D eigenvalue weighted by Crippen LogP contribution is 2.22. The molecule has 1 heterocycles. The number of aliphatic carboxylic acids is 1. The number of carbonyl (C=O) groups is 2. The quantitative estimate of drug-likeness (QED) is 0.760. The van der Waals surface area contributed by atoms with E-state index in [1.165, 1.54) is 0 Å². The maximum atomic E-state index is 12.1. The predicted molar refractivity (Wildman–Crippen MR) is 65.1 cm³/mol. The zero-order valence-electron chi connectivity index (χ0n) is 10.4. The molecule has 0 bridgehead atoms. The third-order valence-corrected chi connectivity index (χ3v) is 3.44. The second-order valence-corrected chi connectivity index (χ2v) is 4.90. The maximum absolute atomic E-state index is 12.1. The Bertz CT molecular complexity index is 353. The summed E-state index contributed by atoms with van der Waals surface area (Å²) in [4.78, 5) is 24.4. The number of hydrogen-bond donors (Lipinski definition) is 1. The molecule has 2 rings (SSSR count). The van der Waals surface area contributed by atoms with Crippen molar-refractivity contribution in [3.05, 3.63) is 12.2 Å². The third-order valence-electron chi connectivity index (χ3n) is 3.44. The zero-order valence-corrected chi connectivity index (χ0v) is 10.4. The number of amides is 1. The van der Waals surface area contributed by atoms with Crippen LogP contribution in [0, 0.1) is 5.92 Å². The van der Waals surface area contributed by atoms with E-state index < -0.39 is 5.97 Å². The summed E-state index contributed by atoms with van der Waals surface area (Å²) in [5, 5.41) is 8.73. The Kier molecular flexibility index (Phi) is 4.36. The van der Waals surface area contributed by atoms with Crippen molar-refractivity contribution in [2.75, 3.05) is 19.7 Å². The lowest BCUT2D eigenvalue weighted by Crippen LogP contribution is -2.46. The molecule has 0 aromatic carbocycles. The fourth-order valence-corrected chi connectivity index (χ4v) is 2.48. The number of allylic oxidation sites excluding steroid dienone is 2. The minimum Gasteiger partial charge on any atom is -0.481 e. The van der Waals surface area contributed by atoms with E-state index in [1.54, 1.807) is 4.90 Å². The number of nitrogens with zero attached hydrogens (tertiary/aromatic N) is 1. The molecule has 1 aliphatic carbocycles. The molecule has 2 aliphatic rings. The van der Waals surface area contributed by atoms with Crippen molar-refractivity contribution >= 4 is 11.9 Å². The van der Waals surface area contributed by atoms with Gasteiger partial charge in [0.1, 0.15) is 0 Å². The zero-order chi connectivity index (χ0) is 13.0. The fourth-order valence-electron chi connectivity index (χ4n) is 2.48. The monoisotopic (exact) mass is 253 g/mol. The van der Waals surface area contributed by atoms with Gasteiger partial charge in [-0.05, 0) is 18.8 Å². The van der Waals surface area contributed by atoms with E-state index in [4.69, 9.17) is 9.84 Å². The lowest BCUT2D eigenvalue weighted by molar-refractivity contribution is -0.148. The van der Waals surface area contributed by atoms with Crippen LogP contribution in [0.25, 0.3) is 0 Å². The summed E-state index contributed by atoms with van der Waals surface area (Å²) in [6.07, 6.45) is 6.47. The molecule has 5 heteroatoms. The summed E-state index contributed by atoms with van der Waals surface area (Å²) in [6, 6.07) is 0. The Balaban J connectivity index is 1.81. The van der Waals surface area contributed by atoms with Crippen LogP contribution in [0.1, 0.15) is 25.7 Å². The van der Waals surface area contributed by atoms with Gasteiger partial charge in [0.15, 0.2) is 0 Å². The normalized spacial score (nSPS) is 27.4. The van der Waals surface area contributed by atoms with E-state index in [-0.39, 0.29) is 18.4 Å². The first kappa shape index (κ1) is 13.1. The van der Waals surface area contributed by atoms with Crippen LogP contribution in [0.2, 0.25) is 0 Å². The van der Waals surface area contributed by atoms with Crippen molar-refractivity contribution in [1.29, 1.82) is 0 Å². The lowest BCUT2D eigenvalue weighted by atomic mass is 10.0. The molecule has 0 radical (unpaired) electrons. The van der Waals surface area contributed by atoms with Gasteiger partial charge in [-0.2, -0.15) is 0 Å². The second-order valence-electron chi connectivity index (χ2n) is 4.90. The van der Waals surface area contributed by atoms with Crippen LogP contribution in [0.5, 0.6) is 0 Å². The average Bonchev–Trinajstić information content (AvgIpc) is 2.81. The molecule has 0 unspecified atom stereocenters. The highest BCUT2D eigenvalue weighted by atomic mass is 16.5. The standard InChI is InChI=1S/C13H19NO4/c15-12(7-10-3-1-2-4-10)14-5-6-18-11(9-14)8-13(16)17/h1,3,10-11H,2,4-9H2,(H,16,17)/t10-,11+/m1/s1. The van der Waals surface area contributed by atoms with Gasteiger partial charge in [-0.15, -0.1) is 0 Å². The van der Waals surface area contributed by atoms with Crippen LogP contribution in [-0.4, -0.2) is 47.7 Å². The van der Waals surface area contributed by atoms with Crippen molar-refractivity contribution in [3.8, 4) is 0 Å². The van der Waals surface area contributed by atoms with E-state index in [0.717, 1.165) is 12.8 Å². The van der Waals surface area contributed by atoms with Crippen LogP contribution in [0.4, 0.5) is 0 Å². The molecule has 0 saturated carbocycles. The number of carboxylic acids is 1. The van der Waals surface area contributed by atoms with Crippen LogP contribution in [0.3, 0.4) is 0 Å². The lowest BCUT2D eigenvalue weighted by Gasteiger charge is -2.32. The van der Waals surface area contributed by atoms with Gasteiger partial charge in [0.2, 0.25) is 5.91 Å². The Morgan fingerprint density at radius 1 is 1.39 bits per heavy atom. The highest BCUT2D eigenvalue weighted by molar-refractivity contribution is 5.77. The van der Waals surface area contributed by atoms with Crippen molar-refractivity contribution in [2.24, 2.45) is 5.92 Å². The number of ether oxygens (including phenoxy) is 1. The van der Waals surface area contributed by atoms with Crippen LogP contribution in [0.15, 0.2) is 12.2 Å². The molecule has 5 nitrogen and oxygen atoms in total. The molecule has 2 atom stereocenters. The molecule has 18 heavy (non-hydrogen) atoms. The van der Waals surface area contributed by atoms with Crippen LogP contribution >= 0.6 is 0 Å². The van der Waals surface area contributed by atoms with Gasteiger partial charge >= 0.3 is 5.97 Å². The summed E-state index contributed by atoms with van der Waals surface area (Å²) in [5.41, 5.74) is 0. The molecular formula is C13H19NO4. The van der Waals surface area contributed by atoms with E-state index in [1.807, 2.05) is 0 Å². The van der Waals surface area contributed by atoms with Crippen LogP contribution in [-0.2, 0) is 14.3 Å².